The summed E-state index contributed by atoms with van der Waals surface area (Å²) in [5, 5.41) is 1.68. The van der Waals surface area contributed by atoms with Gasteiger partial charge in [0.1, 0.15) is 13.2 Å². The summed E-state index contributed by atoms with van der Waals surface area (Å²) in [7, 11) is 0. The first-order valence-corrected chi connectivity index (χ1v) is 11.7. The lowest BCUT2D eigenvalue weighted by Gasteiger charge is -2.42. The highest BCUT2D eigenvalue weighted by atomic mass is 16.7. The van der Waals surface area contributed by atoms with E-state index in [-0.39, 0.29) is 31.2 Å². The second kappa shape index (κ2) is 13.7. The Labute approximate surface area is 216 Å². The molecule has 0 radical (unpaired) electrons. The van der Waals surface area contributed by atoms with Crippen molar-refractivity contribution in [3.63, 3.8) is 0 Å². The molecular weight excluding hydrogens is 476 g/mol. The summed E-state index contributed by atoms with van der Waals surface area (Å²) < 4.78 is 31.8. The maximum absolute atomic E-state index is 11.8. The Kier molecular flexibility index (Phi) is 10.3. The van der Waals surface area contributed by atoms with Gasteiger partial charge in [0.2, 0.25) is 0 Å². The van der Waals surface area contributed by atoms with Crippen LogP contribution in [0.3, 0.4) is 0 Å². The average molecular weight is 509 g/mol. The summed E-state index contributed by atoms with van der Waals surface area (Å²) in [4.78, 5) is 23.6. The Bertz CT molecular complexity index is 1030. The number of rotatable bonds is 8. The summed E-state index contributed by atoms with van der Waals surface area (Å²) in [6.45, 7) is 16.9. The molecule has 8 heteroatoms. The van der Waals surface area contributed by atoms with Gasteiger partial charge in [0, 0.05) is 0 Å². The molecular formula is C29H32O8. The topological polar surface area (TPSA) is 89.5 Å². The maximum Gasteiger partial charge on any atom is 0.338 e. The minimum absolute atomic E-state index is 0.168. The summed E-state index contributed by atoms with van der Waals surface area (Å²) >= 11 is 0. The van der Waals surface area contributed by atoms with Gasteiger partial charge in [0.15, 0.2) is 12.6 Å². The molecule has 4 rings (SSSR count). The van der Waals surface area contributed by atoms with Crippen LogP contribution in [-0.4, -0.2) is 64.2 Å². The molecule has 0 N–H and O–H groups in total. The van der Waals surface area contributed by atoms with E-state index in [1.165, 1.54) is 12.2 Å². The maximum atomic E-state index is 11.8. The lowest BCUT2D eigenvalue weighted by molar-refractivity contribution is -0.282. The summed E-state index contributed by atoms with van der Waals surface area (Å²) in [5.41, 5.74) is 0.742. The van der Waals surface area contributed by atoms with Crippen LogP contribution >= 0.6 is 0 Å². The zero-order valence-electron chi connectivity index (χ0n) is 20.8. The molecule has 0 bridgehead atoms. The van der Waals surface area contributed by atoms with E-state index in [0.717, 1.165) is 10.8 Å². The minimum atomic E-state index is -0.406. The van der Waals surface area contributed by atoms with Crippen LogP contribution in [0.2, 0.25) is 0 Å². The smallest absolute Gasteiger partial charge is 0.338 e. The van der Waals surface area contributed by atoms with Crippen LogP contribution in [0.4, 0.5) is 0 Å². The first-order chi connectivity index (χ1) is 17.9. The zero-order chi connectivity index (χ0) is 26.7. The molecule has 0 saturated carbocycles. The van der Waals surface area contributed by atoms with Crippen LogP contribution in [0.1, 0.15) is 20.7 Å². The highest BCUT2D eigenvalue weighted by molar-refractivity contribution is 5.99. The van der Waals surface area contributed by atoms with Crippen molar-refractivity contribution in [3.8, 4) is 0 Å². The number of ether oxygens (including phenoxy) is 6. The summed E-state index contributed by atoms with van der Waals surface area (Å²) in [6.07, 6.45) is 5.72. The zero-order valence-corrected chi connectivity index (χ0v) is 20.8. The van der Waals surface area contributed by atoms with Crippen LogP contribution in [0.25, 0.3) is 10.8 Å². The molecule has 1 spiro atoms. The quantitative estimate of drug-likeness (QED) is 0.377. The van der Waals surface area contributed by atoms with Crippen molar-refractivity contribution < 1.29 is 38.0 Å². The molecule has 2 aliphatic rings. The normalized spacial score (nSPS) is 22.7. The van der Waals surface area contributed by atoms with Gasteiger partial charge in [-0.25, -0.2) is 9.59 Å². The predicted octanol–water partition coefficient (Wildman–Crippen LogP) is 4.62. The molecule has 2 aromatic rings. The van der Waals surface area contributed by atoms with Gasteiger partial charge in [-0.2, -0.15) is 0 Å². The fourth-order valence-electron chi connectivity index (χ4n) is 3.59. The third-order valence-electron chi connectivity index (χ3n) is 5.58. The fourth-order valence-corrected chi connectivity index (χ4v) is 3.59. The van der Waals surface area contributed by atoms with Crippen LogP contribution in [0.5, 0.6) is 0 Å². The Morgan fingerprint density at radius 2 is 1.11 bits per heavy atom. The molecule has 0 aromatic heterocycles. The summed E-state index contributed by atoms with van der Waals surface area (Å²) in [5.74, 6) is -0.812. The molecule has 2 heterocycles. The highest BCUT2D eigenvalue weighted by Gasteiger charge is 2.40. The van der Waals surface area contributed by atoms with E-state index in [2.05, 4.69) is 26.3 Å². The summed E-state index contributed by atoms with van der Waals surface area (Å²) in [6, 6.07) is 10.3. The number of fused-ring (bicyclic) bond motifs is 1. The second-order valence-corrected chi connectivity index (χ2v) is 8.50. The van der Waals surface area contributed by atoms with Crippen molar-refractivity contribution >= 4 is 22.7 Å². The van der Waals surface area contributed by atoms with Crippen molar-refractivity contribution in [2.24, 2.45) is 5.41 Å². The van der Waals surface area contributed by atoms with Gasteiger partial charge in [-0.1, -0.05) is 50.6 Å². The monoisotopic (exact) mass is 508 g/mol. The molecule has 0 amide bonds. The number of benzene rings is 2. The number of carbonyl (C=O) groups excluding carboxylic acids is 2. The predicted molar refractivity (Wildman–Crippen MR) is 139 cm³/mol. The molecule has 37 heavy (non-hydrogen) atoms. The van der Waals surface area contributed by atoms with Gasteiger partial charge < -0.3 is 28.4 Å². The molecule has 2 fully saturated rings. The largest absolute Gasteiger partial charge is 0.458 e. The standard InChI is InChI=1S/C18H16O4.C11H16O4/c1-3-9-21-17(19)15-7-5-14-12-16(8-6-13(14)11-15)18(20)22-10-4-2;1-3-9-12-5-11(6-13-9)7-14-10(4-2)15-8-11/h3-8,11-12H,1-2,9-10H2;3-4,9-10H,1-2,5-8H2. The van der Waals surface area contributed by atoms with Crippen molar-refractivity contribution in [1.29, 1.82) is 0 Å². The first-order valence-electron chi connectivity index (χ1n) is 11.7. The van der Waals surface area contributed by atoms with Gasteiger partial charge >= 0.3 is 11.9 Å². The van der Waals surface area contributed by atoms with Gasteiger partial charge in [-0.05, 0) is 47.2 Å². The Hall–Kier alpha value is -3.56. The van der Waals surface area contributed by atoms with Gasteiger partial charge in [0.05, 0.1) is 43.0 Å². The first kappa shape index (κ1) is 28.0. The number of carbonyl (C=O) groups is 2. The van der Waals surface area contributed by atoms with Crippen molar-refractivity contribution in [2.75, 3.05) is 39.6 Å². The third kappa shape index (κ3) is 7.71. The van der Waals surface area contributed by atoms with Crippen LogP contribution in [0, 0.1) is 5.41 Å². The van der Waals surface area contributed by atoms with E-state index in [0.29, 0.717) is 37.6 Å². The van der Waals surface area contributed by atoms with E-state index < -0.39 is 11.9 Å². The molecule has 0 aliphatic carbocycles. The van der Waals surface area contributed by atoms with Crippen molar-refractivity contribution in [2.45, 2.75) is 12.6 Å². The SMILES string of the molecule is C=CC1OCC2(CO1)COC(C=C)OC2.C=CCOC(=O)c1ccc2cc(C(=O)OCC=C)ccc2c1. The van der Waals surface area contributed by atoms with E-state index in [9.17, 15) is 9.59 Å². The number of esters is 2. The van der Waals surface area contributed by atoms with E-state index in [4.69, 9.17) is 28.4 Å². The van der Waals surface area contributed by atoms with Gasteiger partial charge in [-0.15, -0.1) is 0 Å². The van der Waals surface area contributed by atoms with Gasteiger partial charge in [0.25, 0.3) is 0 Å². The number of hydrogen-bond acceptors (Lipinski definition) is 8. The van der Waals surface area contributed by atoms with Crippen LogP contribution < -0.4 is 0 Å². The lowest BCUT2D eigenvalue weighted by Crippen LogP contribution is -2.51. The molecule has 2 saturated heterocycles. The Morgan fingerprint density at radius 1 is 0.730 bits per heavy atom. The van der Waals surface area contributed by atoms with E-state index >= 15 is 0 Å². The molecule has 2 aliphatic heterocycles. The van der Waals surface area contributed by atoms with Gasteiger partial charge in [-0.3, -0.25) is 0 Å². The second-order valence-electron chi connectivity index (χ2n) is 8.50. The molecule has 196 valence electrons. The van der Waals surface area contributed by atoms with E-state index in [1.54, 1.807) is 48.6 Å². The van der Waals surface area contributed by atoms with Crippen molar-refractivity contribution in [3.05, 3.63) is 98.1 Å². The minimum Gasteiger partial charge on any atom is -0.458 e. The third-order valence-corrected chi connectivity index (χ3v) is 5.58. The molecule has 0 atom stereocenters. The van der Waals surface area contributed by atoms with Crippen LogP contribution in [0.15, 0.2) is 87.0 Å². The highest BCUT2D eigenvalue weighted by Crippen LogP contribution is 2.30. The molecule has 8 nitrogen and oxygen atoms in total. The Morgan fingerprint density at radius 3 is 1.43 bits per heavy atom. The molecule has 2 aromatic carbocycles. The molecule has 0 unspecified atom stereocenters. The Balaban J connectivity index is 0.000000220. The lowest BCUT2D eigenvalue weighted by atomic mass is 9.91. The van der Waals surface area contributed by atoms with E-state index in [1.807, 2.05) is 0 Å². The fraction of sp³-hybridized carbons (Fsp3) is 0.310. The number of hydrogen-bond donors (Lipinski definition) is 0. The average Bonchev–Trinajstić information content (AvgIpc) is 2.95. The van der Waals surface area contributed by atoms with Crippen LogP contribution in [-0.2, 0) is 28.4 Å². The van der Waals surface area contributed by atoms with Crippen molar-refractivity contribution in [1.82, 2.24) is 0 Å².